The summed E-state index contributed by atoms with van der Waals surface area (Å²) in [6.45, 7) is 5.51. The van der Waals surface area contributed by atoms with Crippen LogP contribution in [-0.4, -0.2) is 22.6 Å². The first kappa shape index (κ1) is 15.8. The largest absolute Gasteiger partial charge is 0.444 e. The fourth-order valence-electron chi connectivity index (χ4n) is 2.41. The number of hydrogen-bond acceptors (Lipinski definition) is 4. The van der Waals surface area contributed by atoms with E-state index < -0.39 is 17.2 Å². The summed E-state index contributed by atoms with van der Waals surface area (Å²) >= 11 is 0. The monoisotopic (exact) mass is 317 g/mol. The van der Waals surface area contributed by atoms with E-state index in [4.69, 9.17) is 4.74 Å². The second-order valence-electron chi connectivity index (χ2n) is 7.40. The van der Waals surface area contributed by atoms with Crippen LogP contribution in [0.25, 0.3) is 0 Å². The number of carbonyl (C=O) groups is 2. The van der Waals surface area contributed by atoms with E-state index in [9.17, 15) is 9.59 Å². The van der Waals surface area contributed by atoms with Crippen molar-refractivity contribution >= 4 is 17.7 Å². The molecule has 2 N–H and O–H groups in total. The minimum absolute atomic E-state index is 0.0626. The van der Waals surface area contributed by atoms with Gasteiger partial charge in [-0.3, -0.25) is 9.78 Å². The zero-order chi connectivity index (χ0) is 16.7. The molecular formula is C17H23N3O3. The molecule has 124 valence electrons. The molecule has 0 saturated heterocycles. The van der Waals surface area contributed by atoms with E-state index in [1.54, 1.807) is 6.20 Å². The van der Waals surface area contributed by atoms with Crippen LogP contribution < -0.4 is 10.6 Å². The highest BCUT2D eigenvalue weighted by molar-refractivity contribution is 5.93. The molecule has 2 aliphatic carbocycles. The molecule has 6 nitrogen and oxygen atoms in total. The van der Waals surface area contributed by atoms with Crippen LogP contribution in [0.1, 0.15) is 52.1 Å². The average molecular weight is 317 g/mol. The van der Waals surface area contributed by atoms with Crippen LogP contribution in [-0.2, 0) is 15.1 Å². The summed E-state index contributed by atoms with van der Waals surface area (Å²) in [7, 11) is 0. The van der Waals surface area contributed by atoms with Crippen molar-refractivity contribution in [3.63, 3.8) is 0 Å². The van der Waals surface area contributed by atoms with E-state index in [1.165, 1.54) is 0 Å². The van der Waals surface area contributed by atoms with Gasteiger partial charge in [-0.2, -0.15) is 0 Å². The molecule has 1 aromatic heterocycles. The summed E-state index contributed by atoms with van der Waals surface area (Å²) < 4.78 is 5.31. The van der Waals surface area contributed by atoms with Gasteiger partial charge in [-0.05, 0) is 58.6 Å². The zero-order valence-corrected chi connectivity index (χ0v) is 13.8. The van der Waals surface area contributed by atoms with Crippen LogP contribution in [0.3, 0.4) is 0 Å². The highest BCUT2D eigenvalue weighted by atomic mass is 16.6. The van der Waals surface area contributed by atoms with Gasteiger partial charge in [-0.1, -0.05) is 0 Å². The summed E-state index contributed by atoms with van der Waals surface area (Å²) in [5.41, 5.74) is 0.540. The smallest absolute Gasteiger partial charge is 0.408 e. The number of aromatic nitrogens is 1. The summed E-state index contributed by atoms with van der Waals surface area (Å²) in [5.74, 6) is 0.228. The summed E-state index contributed by atoms with van der Waals surface area (Å²) in [4.78, 5) is 28.1. The van der Waals surface area contributed by atoms with E-state index in [-0.39, 0.29) is 11.8 Å². The first-order chi connectivity index (χ1) is 10.8. The van der Waals surface area contributed by atoms with Crippen molar-refractivity contribution in [3.8, 4) is 0 Å². The standard InChI is InChI=1S/C17H23N3O3/c1-16(2,3)23-15(22)20-17(8-9-17)13-7-6-12(10-18-13)19-14(21)11-4-5-11/h6-7,10-11H,4-5,8-9H2,1-3H3,(H,19,21)(H,20,22). The number of ether oxygens (including phenoxy) is 1. The Balaban J connectivity index is 1.61. The Morgan fingerprint density at radius 3 is 2.43 bits per heavy atom. The van der Waals surface area contributed by atoms with Crippen molar-refractivity contribution in [3.05, 3.63) is 24.0 Å². The highest BCUT2D eigenvalue weighted by Crippen LogP contribution is 2.45. The summed E-state index contributed by atoms with van der Waals surface area (Å²) in [5, 5.41) is 5.78. The van der Waals surface area contributed by atoms with Gasteiger partial charge < -0.3 is 15.4 Å². The Morgan fingerprint density at radius 2 is 1.96 bits per heavy atom. The topological polar surface area (TPSA) is 80.3 Å². The molecule has 2 aliphatic rings. The van der Waals surface area contributed by atoms with Gasteiger partial charge in [-0.15, -0.1) is 0 Å². The van der Waals surface area contributed by atoms with Crippen molar-refractivity contribution in [1.29, 1.82) is 0 Å². The minimum Gasteiger partial charge on any atom is -0.444 e. The van der Waals surface area contributed by atoms with Gasteiger partial charge in [0.15, 0.2) is 0 Å². The van der Waals surface area contributed by atoms with Crippen molar-refractivity contribution in [2.24, 2.45) is 5.92 Å². The lowest BCUT2D eigenvalue weighted by Crippen LogP contribution is -2.39. The van der Waals surface area contributed by atoms with Gasteiger partial charge in [0.05, 0.1) is 23.1 Å². The van der Waals surface area contributed by atoms with Gasteiger partial charge in [0.2, 0.25) is 5.91 Å². The van der Waals surface area contributed by atoms with Crippen LogP contribution in [0.15, 0.2) is 18.3 Å². The second kappa shape index (κ2) is 5.51. The number of hydrogen-bond donors (Lipinski definition) is 2. The predicted molar refractivity (Wildman–Crippen MR) is 85.9 cm³/mol. The lowest BCUT2D eigenvalue weighted by molar-refractivity contribution is -0.117. The maximum Gasteiger partial charge on any atom is 0.408 e. The summed E-state index contributed by atoms with van der Waals surface area (Å²) in [6.07, 6.45) is 4.84. The van der Waals surface area contributed by atoms with Crippen LogP contribution in [0.2, 0.25) is 0 Å². The number of carbonyl (C=O) groups excluding carboxylic acids is 2. The molecule has 6 heteroatoms. The van der Waals surface area contributed by atoms with Crippen LogP contribution >= 0.6 is 0 Å². The third-order valence-electron chi connectivity index (χ3n) is 3.96. The zero-order valence-electron chi connectivity index (χ0n) is 13.8. The van der Waals surface area contributed by atoms with Gasteiger partial charge in [0.1, 0.15) is 5.60 Å². The fourth-order valence-corrected chi connectivity index (χ4v) is 2.41. The number of anilines is 1. The Hall–Kier alpha value is -2.11. The first-order valence-corrected chi connectivity index (χ1v) is 8.06. The van der Waals surface area contributed by atoms with Crippen LogP contribution in [0, 0.1) is 5.92 Å². The molecule has 0 aliphatic heterocycles. The van der Waals surface area contributed by atoms with Crippen LogP contribution in [0.5, 0.6) is 0 Å². The molecule has 0 bridgehead atoms. The predicted octanol–water partition coefficient (Wildman–Crippen LogP) is 2.94. The van der Waals surface area contributed by atoms with E-state index >= 15 is 0 Å². The molecule has 3 rings (SSSR count). The lowest BCUT2D eigenvalue weighted by atomic mass is 10.1. The SMILES string of the molecule is CC(C)(C)OC(=O)NC1(c2ccc(NC(=O)C3CC3)cn2)CC1. The molecule has 23 heavy (non-hydrogen) atoms. The van der Waals surface area contributed by atoms with Crippen molar-refractivity contribution < 1.29 is 14.3 Å². The number of nitrogens with one attached hydrogen (secondary N) is 2. The third-order valence-corrected chi connectivity index (χ3v) is 3.96. The van der Waals surface area contributed by atoms with E-state index in [2.05, 4.69) is 15.6 Å². The molecule has 0 atom stereocenters. The van der Waals surface area contributed by atoms with Crippen molar-refractivity contribution in [2.75, 3.05) is 5.32 Å². The molecule has 2 saturated carbocycles. The Morgan fingerprint density at radius 1 is 1.26 bits per heavy atom. The molecule has 0 radical (unpaired) electrons. The van der Waals surface area contributed by atoms with Crippen molar-refractivity contribution in [2.45, 2.75) is 57.6 Å². The fraction of sp³-hybridized carbons (Fsp3) is 0.588. The van der Waals surface area contributed by atoms with Crippen LogP contribution in [0.4, 0.5) is 10.5 Å². The van der Waals surface area contributed by atoms with E-state index in [0.29, 0.717) is 5.69 Å². The molecule has 0 aromatic carbocycles. The number of amides is 2. The average Bonchev–Trinajstić information content (AvgIpc) is 3.32. The first-order valence-electron chi connectivity index (χ1n) is 8.06. The van der Waals surface area contributed by atoms with Gasteiger partial charge >= 0.3 is 6.09 Å². The molecule has 2 amide bonds. The maximum absolute atomic E-state index is 12.0. The quantitative estimate of drug-likeness (QED) is 0.894. The van der Waals surface area contributed by atoms with Crippen molar-refractivity contribution in [1.82, 2.24) is 10.3 Å². The normalized spacial score (nSPS) is 18.9. The molecule has 0 unspecified atom stereocenters. The molecule has 2 fully saturated rings. The molecule has 1 heterocycles. The molecule has 0 spiro atoms. The third kappa shape index (κ3) is 4.00. The second-order valence-corrected chi connectivity index (χ2v) is 7.40. The van der Waals surface area contributed by atoms with Gasteiger partial charge in [-0.25, -0.2) is 4.79 Å². The van der Waals surface area contributed by atoms with E-state index in [1.807, 2.05) is 32.9 Å². The Labute approximate surface area is 136 Å². The minimum atomic E-state index is -0.523. The lowest BCUT2D eigenvalue weighted by Gasteiger charge is -2.23. The molecule has 1 aromatic rings. The van der Waals surface area contributed by atoms with Gasteiger partial charge in [0, 0.05) is 5.92 Å². The van der Waals surface area contributed by atoms with E-state index in [0.717, 1.165) is 31.4 Å². The Bertz CT molecular complexity index is 611. The Kier molecular flexibility index (Phi) is 3.78. The number of pyridine rings is 1. The number of alkyl carbamates (subject to hydrolysis) is 1. The molecular weight excluding hydrogens is 294 g/mol. The number of rotatable bonds is 4. The number of nitrogens with zero attached hydrogens (tertiary/aromatic N) is 1. The highest BCUT2D eigenvalue weighted by Gasteiger charge is 2.48. The van der Waals surface area contributed by atoms with Gasteiger partial charge in [0.25, 0.3) is 0 Å². The summed E-state index contributed by atoms with van der Waals surface area (Å²) in [6, 6.07) is 3.69. The maximum atomic E-state index is 12.0.